The molecule has 1 aromatic carbocycles. The molecule has 0 saturated carbocycles. The van der Waals surface area contributed by atoms with Gasteiger partial charge in [0, 0.05) is 24.5 Å². The van der Waals surface area contributed by atoms with Crippen LogP contribution in [-0.2, 0) is 16.6 Å². The molecule has 1 unspecified atom stereocenters. The van der Waals surface area contributed by atoms with Crippen LogP contribution in [0.15, 0.2) is 24.3 Å². The fraction of sp³-hybridized carbons (Fsp3) is 0.455. The van der Waals surface area contributed by atoms with Gasteiger partial charge in [0.1, 0.15) is 0 Å². The quantitative estimate of drug-likeness (QED) is 0.783. The number of hydrogen-bond acceptors (Lipinski definition) is 2. The van der Waals surface area contributed by atoms with Crippen LogP contribution in [0.1, 0.15) is 12.5 Å². The Morgan fingerprint density at radius 1 is 1.29 bits per heavy atom. The van der Waals surface area contributed by atoms with E-state index >= 15 is 0 Å². The number of hydrogen-bond donors (Lipinski definition) is 0. The van der Waals surface area contributed by atoms with E-state index in [-0.39, 0.29) is 5.88 Å². The molecule has 96 valence electrons. The van der Waals surface area contributed by atoms with Gasteiger partial charge in [-0.3, -0.25) is 0 Å². The zero-order chi connectivity index (χ0) is 13.1. The molecule has 1 atom stereocenters. The number of rotatable bonds is 5. The van der Waals surface area contributed by atoms with Crippen molar-refractivity contribution in [1.82, 2.24) is 4.31 Å². The van der Waals surface area contributed by atoms with E-state index in [0.717, 1.165) is 5.56 Å². The predicted molar refractivity (Wildman–Crippen MR) is 72.0 cm³/mol. The Labute approximate surface area is 112 Å². The molecule has 0 aliphatic heterocycles. The van der Waals surface area contributed by atoms with Gasteiger partial charge in [-0.2, -0.15) is 0 Å². The van der Waals surface area contributed by atoms with Gasteiger partial charge in [0.15, 0.2) is 0 Å². The fourth-order valence-electron chi connectivity index (χ4n) is 1.32. The molecule has 0 spiro atoms. The summed E-state index contributed by atoms with van der Waals surface area (Å²) in [4.78, 5) is 0. The Morgan fingerprint density at radius 3 is 2.29 bits per heavy atom. The van der Waals surface area contributed by atoms with Gasteiger partial charge in [0.2, 0.25) is 10.0 Å². The van der Waals surface area contributed by atoms with Crippen molar-refractivity contribution < 1.29 is 8.42 Å². The molecule has 0 bridgehead atoms. The van der Waals surface area contributed by atoms with Crippen LogP contribution in [0.5, 0.6) is 0 Å². The van der Waals surface area contributed by atoms with Gasteiger partial charge in [-0.25, -0.2) is 12.7 Å². The fourth-order valence-corrected chi connectivity index (χ4v) is 3.03. The standard InChI is InChI=1S/C11H15Cl2NO2S/c1-9(7-12)17(15,16)14(2)8-10-3-5-11(13)6-4-10/h3-6,9H,7-8H2,1-2H3. The summed E-state index contributed by atoms with van der Waals surface area (Å²) in [6.45, 7) is 1.92. The number of nitrogens with zero attached hydrogens (tertiary/aromatic N) is 1. The van der Waals surface area contributed by atoms with Gasteiger partial charge in [-0.05, 0) is 24.6 Å². The maximum Gasteiger partial charge on any atom is 0.217 e. The van der Waals surface area contributed by atoms with Crippen LogP contribution < -0.4 is 0 Å². The Morgan fingerprint density at radius 2 is 1.82 bits per heavy atom. The molecule has 1 rings (SSSR count). The van der Waals surface area contributed by atoms with E-state index in [1.54, 1.807) is 38.2 Å². The zero-order valence-corrected chi connectivity index (χ0v) is 12.1. The van der Waals surface area contributed by atoms with Crippen molar-refractivity contribution in [2.24, 2.45) is 0 Å². The monoisotopic (exact) mass is 295 g/mol. The molecule has 17 heavy (non-hydrogen) atoms. The lowest BCUT2D eigenvalue weighted by Gasteiger charge is -2.20. The van der Waals surface area contributed by atoms with Crippen molar-refractivity contribution in [2.45, 2.75) is 18.7 Å². The highest BCUT2D eigenvalue weighted by molar-refractivity contribution is 7.89. The first-order chi connectivity index (χ1) is 7.87. The summed E-state index contributed by atoms with van der Waals surface area (Å²) in [6, 6.07) is 7.09. The Hall–Kier alpha value is -0.290. The first-order valence-corrected chi connectivity index (χ1v) is 7.55. The van der Waals surface area contributed by atoms with E-state index in [4.69, 9.17) is 23.2 Å². The third kappa shape index (κ3) is 3.85. The molecular weight excluding hydrogens is 281 g/mol. The number of halogens is 2. The average molecular weight is 296 g/mol. The summed E-state index contributed by atoms with van der Waals surface area (Å²) in [5.41, 5.74) is 0.891. The Balaban J connectivity index is 2.79. The van der Waals surface area contributed by atoms with Crippen LogP contribution >= 0.6 is 23.2 Å². The van der Waals surface area contributed by atoms with Crippen LogP contribution in [0, 0.1) is 0 Å². The largest absolute Gasteiger partial charge is 0.217 e. The molecule has 0 N–H and O–H groups in total. The molecule has 0 saturated heterocycles. The van der Waals surface area contributed by atoms with E-state index in [1.165, 1.54) is 4.31 Å². The maximum absolute atomic E-state index is 11.9. The summed E-state index contributed by atoms with van der Waals surface area (Å²) < 4.78 is 25.2. The number of benzene rings is 1. The van der Waals surface area contributed by atoms with Gasteiger partial charge in [0.05, 0.1) is 5.25 Å². The van der Waals surface area contributed by atoms with Crippen molar-refractivity contribution >= 4 is 33.2 Å². The second-order valence-corrected chi connectivity index (χ2v) is 7.10. The third-order valence-corrected chi connectivity index (χ3v) is 5.56. The lowest BCUT2D eigenvalue weighted by atomic mass is 10.2. The first kappa shape index (κ1) is 14.8. The minimum Gasteiger partial charge on any atom is -0.212 e. The third-order valence-electron chi connectivity index (χ3n) is 2.48. The molecule has 0 aromatic heterocycles. The zero-order valence-electron chi connectivity index (χ0n) is 9.73. The summed E-state index contributed by atoms with van der Waals surface area (Å²) in [7, 11) is -1.78. The van der Waals surface area contributed by atoms with E-state index in [1.807, 2.05) is 0 Å². The number of sulfonamides is 1. The maximum atomic E-state index is 11.9. The molecule has 0 aliphatic carbocycles. The van der Waals surface area contributed by atoms with E-state index < -0.39 is 15.3 Å². The van der Waals surface area contributed by atoms with Gasteiger partial charge >= 0.3 is 0 Å². The molecule has 0 fully saturated rings. The Bertz CT molecular complexity index is 459. The van der Waals surface area contributed by atoms with Crippen LogP contribution in [0.25, 0.3) is 0 Å². The highest BCUT2D eigenvalue weighted by Crippen LogP contribution is 2.15. The summed E-state index contributed by atoms with van der Waals surface area (Å²) >= 11 is 11.3. The van der Waals surface area contributed by atoms with Crippen molar-refractivity contribution in [3.63, 3.8) is 0 Å². The topological polar surface area (TPSA) is 37.4 Å². The summed E-state index contributed by atoms with van der Waals surface area (Å²) in [6.07, 6.45) is 0. The average Bonchev–Trinajstić information content (AvgIpc) is 2.30. The second-order valence-electron chi connectivity index (χ2n) is 3.89. The summed E-state index contributed by atoms with van der Waals surface area (Å²) in [5.74, 6) is 0.0906. The van der Waals surface area contributed by atoms with Crippen LogP contribution in [0.4, 0.5) is 0 Å². The van der Waals surface area contributed by atoms with Gasteiger partial charge in [0.25, 0.3) is 0 Å². The highest BCUT2D eigenvalue weighted by atomic mass is 35.5. The molecule has 6 heteroatoms. The molecular formula is C11H15Cl2NO2S. The van der Waals surface area contributed by atoms with Crippen molar-refractivity contribution in [2.75, 3.05) is 12.9 Å². The molecule has 3 nitrogen and oxygen atoms in total. The van der Waals surface area contributed by atoms with Gasteiger partial charge < -0.3 is 0 Å². The van der Waals surface area contributed by atoms with Gasteiger partial charge in [-0.15, -0.1) is 11.6 Å². The van der Waals surface area contributed by atoms with Crippen LogP contribution in [-0.4, -0.2) is 30.9 Å². The summed E-state index contributed by atoms with van der Waals surface area (Å²) in [5, 5.41) is 0.0508. The van der Waals surface area contributed by atoms with E-state index in [9.17, 15) is 8.42 Å². The van der Waals surface area contributed by atoms with Crippen LogP contribution in [0.2, 0.25) is 5.02 Å². The van der Waals surface area contributed by atoms with E-state index in [2.05, 4.69) is 0 Å². The molecule has 0 amide bonds. The van der Waals surface area contributed by atoms with Crippen molar-refractivity contribution in [3.05, 3.63) is 34.9 Å². The first-order valence-electron chi connectivity index (χ1n) is 5.13. The molecule has 0 aliphatic rings. The van der Waals surface area contributed by atoms with Crippen molar-refractivity contribution in [3.8, 4) is 0 Å². The smallest absolute Gasteiger partial charge is 0.212 e. The molecule has 0 heterocycles. The van der Waals surface area contributed by atoms with Gasteiger partial charge in [-0.1, -0.05) is 23.7 Å². The SMILES string of the molecule is CC(CCl)S(=O)(=O)N(C)Cc1ccc(Cl)cc1. The normalized spacial score (nSPS) is 13.9. The van der Waals surface area contributed by atoms with Crippen molar-refractivity contribution in [1.29, 1.82) is 0 Å². The minimum atomic E-state index is -3.33. The Kier molecular flexibility index (Phi) is 5.25. The minimum absolute atomic E-state index is 0.0906. The second kappa shape index (κ2) is 6.05. The van der Waals surface area contributed by atoms with E-state index in [0.29, 0.717) is 11.6 Å². The molecule has 0 radical (unpaired) electrons. The van der Waals surface area contributed by atoms with Crippen LogP contribution in [0.3, 0.4) is 0 Å². The number of alkyl halides is 1. The highest BCUT2D eigenvalue weighted by Gasteiger charge is 2.24. The predicted octanol–water partition coefficient (Wildman–Crippen LogP) is 2.73. The molecule has 1 aromatic rings. The lowest BCUT2D eigenvalue weighted by molar-refractivity contribution is 0.460. The lowest BCUT2D eigenvalue weighted by Crippen LogP contribution is -2.35.